The Morgan fingerprint density at radius 1 is 1.12 bits per heavy atom. The van der Waals surface area contributed by atoms with Gasteiger partial charge in [0.25, 0.3) is 0 Å². The standard InChI is InChI=1S/C23H23NOS/c1-23-12-11-22(25)24(2)21(23)10-8-15-13-17(7-9-18(15)23)20-14-16-5-3-4-6-19(16)26-20/h3-7,9,13-14,21H,8,10-12H2,1-2H3/t21-,23-/m1/s1. The number of carbonyl (C=O) groups excluding carboxylic acids is 1. The molecular formula is C23H23NOS. The highest BCUT2D eigenvalue weighted by Crippen LogP contribution is 2.46. The van der Waals surface area contributed by atoms with Gasteiger partial charge in [-0.2, -0.15) is 0 Å². The van der Waals surface area contributed by atoms with Crippen LogP contribution in [-0.4, -0.2) is 23.9 Å². The summed E-state index contributed by atoms with van der Waals surface area (Å²) in [6.07, 6.45) is 3.77. The fourth-order valence-corrected chi connectivity index (χ4v) is 6.12. The topological polar surface area (TPSA) is 20.3 Å². The maximum Gasteiger partial charge on any atom is 0.222 e. The Morgan fingerprint density at radius 3 is 2.81 bits per heavy atom. The van der Waals surface area contributed by atoms with Gasteiger partial charge in [0.1, 0.15) is 0 Å². The van der Waals surface area contributed by atoms with Crippen molar-refractivity contribution in [3.63, 3.8) is 0 Å². The van der Waals surface area contributed by atoms with Gasteiger partial charge in [-0.3, -0.25) is 4.79 Å². The van der Waals surface area contributed by atoms with E-state index in [1.807, 2.05) is 23.3 Å². The number of thiophene rings is 1. The Hall–Kier alpha value is -2.13. The first-order valence-electron chi connectivity index (χ1n) is 9.44. The SMILES string of the molecule is CN1C(=O)CC[C@]2(C)c3ccc(-c4cc5ccccc5s4)cc3CC[C@@H]12. The van der Waals surface area contributed by atoms with E-state index in [9.17, 15) is 4.79 Å². The highest BCUT2D eigenvalue weighted by Gasteiger charge is 2.46. The lowest BCUT2D eigenvalue weighted by molar-refractivity contribution is -0.138. The third-order valence-electron chi connectivity index (χ3n) is 6.57. The van der Waals surface area contributed by atoms with E-state index in [0.717, 1.165) is 19.3 Å². The average molecular weight is 362 g/mol. The summed E-state index contributed by atoms with van der Waals surface area (Å²) in [5.74, 6) is 0.304. The van der Waals surface area contributed by atoms with Crippen LogP contribution in [0.3, 0.4) is 0 Å². The number of piperidine rings is 1. The van der Waals surface area contributed by atoms with E-state index in [-0.39, 0.29) is 5.41 Å². The van der Waals surface area contributed by atoms with Gasteiger partial charge in [-0.1, -0.05) is 43.3 Å². The molecule has 0 spiro atoms. The number of fused-ring (bicyclic) bond motifs is 4. The molecule has 2 atom stereocenters. The molecule has 1 aromatic heterocycles. The maximum absolute atomic E-state index is 12.2. The van der Waals surface area contributed by atoms with Crippen molar-refractivity contribution in [2.75, 3.05) is 7.05 Å². The number of rotatable bonds is 1. The van der Waals surface area contributed by atoms with E-state index in [1.54, 1.807) is 0 Å². The summed E-state index contributed by atoms with van der Waals surface area (Å²) in [4.78, 5) is 15.5. The van der Waals surface area contributed by atoms with Gasteiger partial charge in [0, 0.05) is 34.5 Å². The van der Waals surface area contributed by atoms with Gasteiger partial charge in [0.2, 0.25) is 5.91 Å². The van der Waals surface area contributed by atoms with Crippen molar-refractivity contribution in [3.8, 4) is 10.4 Å². The van der Waals surface area contributed by atoms with Crippen molar-refractivity contribution in [1.29, 1.82) is 0 Å². The van der Waals surface area contributed by atoms with Crippen LogP contribution in [0.25, 0.3) is 20.5 Å². The normalized spacial score (nSPS) is 25.2. The van der Waals surface area contributed by atoms with Gasteiger partial charge in [-0.05, 0) is 53.5 Å². The number of likely N-dealkylation sites (N-methyl/N-ethyl adjacent to an activating group) is 1. The monoisotopic (exact) mass is 361 g/mol. The van der Waals surface area contributed by atoms with Crippen LogP contribution in [0.1, 0.15) is 37.3 Å². The molecule has 3 aromatic rings. The van der Waals surface area contributed by atoms with E-state index in [2.05, 4.69) is 55.5 Å². The molecule has 1 aliphatic carbocycles. The summed E-state index contributed by atoms with van der Waals surface area (Å²) in [5, 5.41) is 1.32. The van der Waals surface area contributed by atoms with Gasteiger partial charge in [-0.25, -0.2) is 0 Å². The second-order valence-electron chi connectivity index (χ2n) is 8.00. The van der Waals surface area contributed by atoms with Crippen molar-refractivity contribution >= 4 is 27.3 Å². The molecule has 2 aromatic carbocycles. The highest BCUT2D eigenvalue weighted by atomic mass is 32.1. The van der Waals surface area contributed by atoms with Crippen LogP contribution in [0.4, 0.5) is 0 Å². The third-order valence-corrected chi connectivity index (χ3v) is 7.74. The molecule has 2 aliphatic rings. The largest absolute Gasteiger partial charge is 0.342 e. The highest BCUT2D eigenvalue weighted by molar-refractivity contribution is 7.22. The maximum atomic E-state index is 12.2. The van der Waals surface area contributed by atoms with Crippen LogP contribution in [0.2, 0.25) is 0 Å². The lowest BCUT2D eigenvalue weighted by Gasteiger charge is -2.50. The molecule has 0 N–H and O–H groups in total. The minimum absolute atomic E-state index is 0.0922. The van der Waals surface area contributed by atoms with Crippen LogP contribution in [0.15, 0.2) is 48.5 Å². The first-order valence-corrected chi connectivity index (χ1v) is 10.3. The molecule has 5 rings (SSSR count). The van der Waals surface area contributed by atoms with Crippen LogP contribution < -0.4 is 0 Å². The molecule has 1 fully saturated rings. The Morgan fingerprint density at radius 2 is 1.96 bits per heavy atom. The Balaban J connectivity index is 1.57. The predicted octanol–water partition coefficient (Wildman–Crippen LogP) is 5.39. The average Bonchev–Trinajstić information content (AvgIpc) is 3.09. The molecule has 132 valence electrons. The fourth-order valence-electron chi connectivity index (χ4n) is 5.06. The first kappa shape index (κ1) is 16.1. The van der Waals surface area contributed by atoms with E-state index in [4.69, 9.17) is 0 Å². The van der Waals surface area contributed by atoms with E-state index < -0.39 is 0 Å². The summed E-state index contributed by atoms with van der Waals surface area (Å²) >= 11 is 1.87. The Bertz CT molecular complexity index is 987. The lowest BCUT2D eigenvalue weighted by atomic mass is 9.63. The van der Waals surface area contributed by atoms with Crippen molar-refractivity contribution in [2.24, 2.45) is 0 Å². The smallest absolute Gasteiger partial charge is 0.222 e. The molecule has 1 saturated heterocycles. The quantitative estimate of drug-likeness (QED) is 0.569. The third kappa shape index (κ3) is 2.26. The number of likely N-dealkylation sites (tertiary alicyclic amines) is 1. The van der Waals surface area contributed by atoms with E-state index >= 15 is 0 Å². The predicted molar refractivity (Wildman–Crippen MR) is 109 cm³/mol. The number of benzene rings is 2. The molecule has 1 aliphatic heterocycles. The van der Waals surface area contributed by atoms with Gasteiger partial charge in [0.05, 0.1) is 0 Å². The van der Waals surface area contributed by atoms with Crippen molar-refractivity contribution < 1.29 is 4.79 Å². The number of nitrogens with zero attached hydrogens (tertiary/aromatic N) is 1. The molecule has 2 nitrogen and oxygen atoms in total. The molecular weight excluding hydrogens is 338 g/mol. The summed E-state index contributed by atoms with van der Waals surface area (Å²) in [7, 11) is 1.99. The zero-order chi connectivity index (χ0) is 17.9. The van der Waals surface area contributed by atoms with Gasteiger partial charge in [-0.15, -0.1) is 11.3 Å². The summed E-state index contributed by atoms with van der Waals surface area (Å²) in [5.41, 5.74) is 4.35. The summed E-state index contributed by atoms with van der Waals surface area (Å²) in [6, 6.07) is 18.3. The molecule has 0 radical (unpaired) electrons. The minimum Gasteiger partial charge on any atom is -0.342 e. The molecule has 2 heterocycles. The number of carbonyl (C=O) groups is 1. The number of hydrogen-bond acceptors (Lipinski definition) is 2. The molecule has 0 bridgehead atoms. The van der Waals surface area contributed by atoms with Gasteiger partial charge < -0.3 is 4.90 Å². The van der Waals surface area contributed by atoms with Gasteiger partial charge >= 0.3 is 0 Å². The van der Waals surface area contributed by atoms with Crippen LogP contribution in [0, 0.1) is 0 Å². The van der Waals surface area contributed by atoms with Crippen LogP contribution in [0.5, 0.6) is 0 Å². The number of amides is 1. The Kier molecular flexibility index (Phi) is 3.51. The van der Waals surface area contributed by atoms with Crippen molar-refractivity contribution in [1.82, 2.24) is 4.90 Å². The summed E-state index contributed by atoms with van der Waals surface area (Å²) in [6.45, 7) is 2.36. The minimum atomic E-state index is 0.0922. The number of aryl methyl sites for hydroxylation is 1. The van der Waals surface area contributed by atoms with E-state index in [1.165, 1.54) is 31.7 Å². The molecule has 0 saturated carbocycles. The van der Waals surface area contributed by atoms with Crippen LogP contribution in [-0.2, 0) is 16.6 Å². The zero-order valence-corrected chi connectivity index (χ0v) is 16.1. The van der Waals surface area contributed by atoms with Crippen molar-refractivity contribution in [3.05, 3.63) is 59.7 Å². The summed E-state index contributed by atoms with van der Waals surface area (Å²) < 4.78 is 1.35. The molecule has 3 heteroatoms. The van der Waals surface area contributed by atoms with E-state index in [0.29, 0.717) is 18.4 Å². The second-order valence-corrected chi connectivity index (χ2v) is 9.08. The van der Waals surface area contributed by atoms with Gasteiger partial charge in [0.15, 0.2) is 0 Å². The number of hydrogen-bond donors (Lipinski definition) is 0. The molecule has 1 amide bonds. The van der Waals surface area contributed by atoms with Crippen molar-refractivity contribution in [2.45, 2.75) is 44.1 Å². The lowest BCUT2D eigenvalue weighted by Crippen LogP contribution is -2.56. The zero-order valence-electron chi connectivity index (χ0n) is 15.3. The second kappa shape index (κ2) is 5.68. The van der Waals surface area contributed by atoms with Crippen LogP contribution >= 0.6 is 11.3 Å². The fraction of sp³-hybridized carbons (Fsp3) is 0.348. The first-order chi connectivity index (χ1) is 12.6. The Labute approximate surface area is 158 Å². The molecule has 0 unspecified atom stereocenters. The molecule has 26 heavy (non-hydrogen) atoms.